The normalized spacial score (nSPS) is 26.7. The summed E-state index contributed by atoms with van der Waals surface area (Å²) in [6.45, 7) is 4.63. The fraction of sp³-hybridized carbons (Fsp3) is 0.611. The van der Waals surface area contributed by atoms with E-state index in [0.717, 1.165) is 49.5 Å². The van der Waals surface area contributed by atoms with Crippen LogP contribution in [0.5, 0.6) is 0 Å². The third-order valence-electron chi connectivity index (χ3n) is 5.14. The molecule has 2 unspecified atom stereocenters. The number of benzene rings is 1. The smallest absolute Gasteiger partial charge is 0.191 e. The molecule has 2 aliphatic rings. The Labute approximate surface area is 143 Å². The fourth-order valence-corrected chi connectivity index (χ4v) is 3.68. The van der Waals surface area contributed by atoms with Crippen molar-refractivity contribution >= 4 is 17.6 Å². The molecule has 1 aromatic rings. The van der Waals surface area contributed by atoms with Crippen LogP contribution in [0.4, 0.5) is 0 Å². The van der Waals surface area contributed by atoms with E-state index < -0.39 is 0 Å². The van der Waals surface area contributed by atoms with E-state index in [-0.39, 0.29) is 5.41 Å². The van der Waals surface area contributed by atoms with Crippen LogP contribution in [-0.4, -0.2) is 38.8 Å². The summed E-state index contributed by atoms with van der Waals surface area (Å²) in [4.78, 5) is 4.36. The van der Waals surface area contributed by atoms with E-state index in [4.69, 9.17) is 16.3 Å². The first kappa shape index (κ1) is 16.6. The second-order valence-corrected chi connectivity index (χ2v) is 7.17. The van der Waals surface area contributed by atoms with Gasteiger partial charge in [0.25, 0.3) is 0 Å². The van der Waals surface area contributed by atoms with Gasteiger partial charge >= 0.3 is 0 Å². The molecule has 23 heavy (non-hydrogen) atoms. The third kappa shape index (κ3) is 3.81. The molecule has 0 amide bonds. The second kappa shape index (κ2) is 7.10. The van der Waals surface area contributed by atoms with Crippen LogP contribution in [0, 0.1) is 5.92 Å². The molecule has 1 aliphatic carbocycles. The van der Waals surface area contributed by atoms with Crippen LogP contribution < -0.4 is 10.6 Å². The number of halogens is 1. The molecule has 1 saturated heterocycles. The van der Waals surface area contributed by atoms with Gasteiger partial charge in [-0.1, -0.05) is 36.7 Å². The summed E-state index contributed by atoms with van der Waals surface area (Å²) >= 11 is 6.50. The highest BCUT2D eigenvalue weighted by Crippen LogP contribution is 2.38. The van der Waals surface area contributed by atoms with Crippen molar-refractivity contribution in [3.8, 4) is 0 Å². The van der Waals surface area contributed by atoms with Crippen LogP contribution in [-0.2, 0) is 10.2 Å². The molecule has 1 aliphatic heterocycles. The molecule has 0 spiro atoms. The molecular formula is C18H26ClN3O. The first-order valence-electron chi connectivity index (χ1n) is 8.44. The fourth-order valence-electron chi connectivity index (χ4n) is 3.34. The summed E-state index contributed by atoms with van der Waals surface area (Å²) in [6.07, 6.45) is 3.17. The molecular weight excluding hydrogens is 310 g/mol. The van der Waals surface area contributed by atoms with Crippen LogP contribution in [0.2, 0.25) is 5.02 Å². The van der Waals surface area contributed by atoms with Crippen LogP contribution in [0.3, 0.4) is 0 Å². The standard InChI is InChI=1S/C18H26ClN3O/c1-13-11-16(13)22-17(20-2)21-12-18(7-9-23-10-8-18)14-5-3-4-6-15(14)19/h3-6,13,16H,7-12H2,1-2H3,(H2,20,21,22). The second-order valence-electron chi connectivity index (χ2n) is 6.76. The van der Waals surface area contributed by atoms with Crippen molar-refractivity contribution < 1.29 is 4.74 Å². The van der Waals surface area contributed by atoms with Gasteiger partial charge in [0.05, 0.1) is 0 Å². The summed E-state index contributed by atoms with van der Waals surface area (Å²) in [5.41, 5.74) is 1.22. The molecule has 3 rings (SSSR count). The molecule has 0 radical (unpaired) electrons. The van der Waals surface area contributed by atoms with Crippen LogP contribution in [0.25, 0.3) is 0 Å². The van der Waals surface area contributed by atoms with E-state index in [9.17, 15) is 0 Å². The van der Waals surface area contributed by atoms with Crippen LogP contribution >= 0.6 is 11.6 Å². The molecule has 2 atom stereocenters. The average molecular weight is 336 g/mol. The van der Waals surface area contributed by atoms with Crippen molar-refractivity contribution in [2.75, 3.05) is 26.8 Å². The predicted molar refractivity (Wildman–Crippen MR) is 95.2 cm³/mol. The number of nitrogens with one attached hydrogen (secondary N) is 2. The molecule has 1 saturated carbocycles. The highest BCUT2D eigenvalue weighted by Gasteiger charge is 2.37. The SMILES string of the molecule is CN=C(NCC1(c2ccccc2Cl)CCOCC1)NC1CC1C. The molecule has 4 nitrogen and oxygen atoms in total. The van der Waals surface area contributed by atoms with Gasteiger partial charge in [0.2, 0.25) is 0 Å². The summed E-state index contributed by atoms with van der Waals surface area (Å²) in [7, 11) is 1.83. The highest BCUT2D eigenvalue weighted by molar-refractivity contribution is 6.31. The molecule has 5 heteroatoms. The van der Waals surface area contributed by atoms with Crippen LogP contribution in [0.1, 0.15) is 31.7 Å². The van der Waals surface area contributed by atoms with Crippen molar-refractivity contribution in [2.24, 2.45) is 10.9 Å². The molecule has 126 valence electrons. The van der Waals surface area contributed by atoms with E-state index >= 15 is 0 Å². The summed E-state index contributed by atoms with van der Waals surface area (Å²) < 4.78 is 5.59. The Kier molecular flexibility index (Phi) is 5.12. The summed E-state index contributed by atoms with van der Waals surface area (Å²) in [6, 6.07) is 8.74. The van der Waals surface area contributed by atoms with Gasteiger partial charge in [-0.15, -0.1) is 0 Å². The van der Waals surface area contributed by atoms with Crippen molar-refractivity contribution in [1.29, 1.82) is 0 Å². The lowest BCUT2D eigenvalue weighted by Gasteiger charge is -2.38. The van der Waals surface area contributed by atoms with Gasteiger partial charge in [-0.25, -0.2) is 0 Å². The zero-order valence-electron chi connectivity index (χ0n) is 13.9. The maximum atomic E-state index is 6.50. The zero-order valence-corrected chi connectivity index (χ0v) is 14.7. The van der Waals surface area contributed by atoms with Gasteiger partial charge in [-0.05, 0) is 36.8 Å². The van der Waals surface area contributed by atoms with Gasteiger partial charge < -0.3 is 15.4 Å². The number of hydrogen-bond donors (Lipinski definition) is 2. The van der Waals surface area contributed by atoms with Crippen molar-refractivity contribution in [3.05, 3.63) is 34.9 Å². The minimum atomic E-state index is 0.00335. The largest absolute Gasteiger partial charge is 0.381 e. The Hall–Kier alpha value is -1.26. The maximum absolute atomic E-state index is 6.50. The van der Waals surface area contributed by atoms with Crippen molar-refractivity contribution in [3.63, 3.8) is 0 Å². The quantitative estimate of drug-likeness (QED) is 0.657. The summed E-state index contributed by atoms with van der Waals surface area (Å²) in [5, 5.41) is 7.85. The average Bonchev–Trinajstić information content (AvgIpc) is 3.27. The first-order valence-corrected chi connectivity index (χ1v) is 8.82. The minimum absolute atomic E-state index is 0.00335. The summed E-state index contributed by atoms with van der Waals surface area (Å²) in [5.74, 6) is 1.63. The topological polar surface area (TPSA) is 45.7 Å². The maximum Gasteiger partial charge on any atom is 0.191 e. The lowest BCUT2D eigenvalue weighted by molar-refractivity contribution is 0.0514. The Balaban J connectivity index is 1.73. The van der Waals surface area contributed by atoms with Gasteiger partial charge in [-0.3, -0.25) is 4.99 Å². The monoisotopic (exact) mass is 335 g/mol. The van der Waals surface area contributed by atoms with E-state index in [2.05, 4.69) is 34.7 Å². The van der Waals surface area contributed by atoms with E-state index in [0.29, 0.717) is 6.04 Å². The zero-order chi connectivity index (χ0) is 16.3. The lowest BCUT2D eigenvalue weighted by Crippen LogP contribution is -2.48. The van der Waals surface area contributed by atoms with Crippen LogP contribution in [0.15, 0.2) is 29.3 Å². The number of hydrogen-bond acceptors (Lipinski definition) is 2. The first-order chi connectivity index (χ1) is 11.1. The van der Waals surface area contributed by atoms with E-state index in [1.54, 1.807) is 0 Å². The van der Waals surface area contributed by atoms with Gasteiger partial charge in [-0.2, -0.15) is 0 Å². The Morgan fingerprint density at radius 3 is 2.65 bits per heavy atom. The van der Waals surface area contributed by atoms with E-state index in [1.807, 2.05) is 19.2 Å². The molecule has 2 N–H and O–H groups in total. The van der Waals surface area contributed by atoms with Gasteiger partial charge in [0.1, 0.15) is 0 Å². The lowest BCUT2D eigenvalue weighted by atomic mass is 9.74. The van der Waals surface area contributed by atoms with E-state index in [1.165, 1.54) is 12.0 Å². The third-order valence-corrected chi connectivity index (χ3v) is 5.47. The molecule has 0 bridgehead atoms. The van der Waals surface area contributed by atoms with Gasteiger partial charge in [0, 0.05) is 43.3 Å². The number of guanidine groups is 1. The molecule has 1 aromatic carbocycles. The Morgan fingerprint density at radius 1 is 1.35 bits per heavy atom. The number of rotatable bonds is 4. The van der Waals surface area contributed by atoms with Crippen molar-refractivity contribution in [2.45, 2.75) is 37.6 Å². The molecule has 1 heterocycles. The van der Waals surface area contributed by atoms with Gasteiger partial charge in [0.15, 0.2) is 5.96 Å². The number of nitrogens with zero attached hydrogens (tertiary/aromatic N) is 1. The molecule has 0 aromatic heterocycles. The highest BCUT2D eigenvalue weighted by atomic mass is 35.5. The Morgan fingerprint density at radius 2 is 2.04 bits per heavy atom. The van der Waals surface area contributed by atoms with Crippen molar-refractivity contribution in [1.82, 2.24) is 10.6 Å². The Bertz CT molecular complexity index is 569. The molecule has 2 fully saturated rings. The number of aliphatic imine (C=N–C) groups is 1. The minimum Gasteiger partial charge on any atom is -0.381 e. The number of ether oxygens (including phenoxy) is 1. The predicted octanol–water partition coefficient (Wildman–Crippen LogP) is 2.96.